The van der Waals surface area contributed by atoms with Gasteiger partial charge < -0.3 is 5.32 Å². The van der Waals surface area contributed by atoms with Crippen LogP contribution in [0.5, 0.6) is 0 Å². The van der Waals surface area contributed by atoms with Gasteiger partial charge in [-0.1, -0.05) is 24.3 Å². The van der Waals surface area contributed by atoms with Crippen LogP contribution < -0.4 is 5.32 Å². The summed E-state index contributed by atoms with van der Waals surface area (Å²) in [5.41, 5.74) is 4.84. The van der Waals surface area contributed by atoms with Gasteiger partial charge in [-0.25, -0.2) is 4.39 Å². The van der Waals surface area contributed by atoms with E-state index in [1.807, 2.05) is 18.2 Å². The third-order valence-electron chi connectivity index (χ3n) is 3.24. The van der Waals surface area contributed by atoms with Crippen molar-refractivity contribution in [1.29, 1.82) is 0 Å². The van der Waals surface area contributed by atoms with Crippen LogP contribution in [-0.2, 0) is 6.42 Å². The molecule has 86 valence electrons. The zero-order valence-corrected chi connectivity index (χ0v) is 9.70. The molecule has 1 aliphatic rings. The van der Waals surface area contributed by atoms with Crippen molar-refractivity contribution in [2.45, 2.75) is 19.4 Å². The molecule has 0 amide bonds. The quantitative estimate of drug-likeness (QED) is 0.780. The fourth-order valence-electron chi connectivity index (χ4n) is 2.46. The van der Waals surface area contributed by atoms with Crippen LogP contribution in [0.25, 0.3) is 11.1 Å². The summed E-state index contributed by atoms with van der Waals surface area (Å²) in [5.74, 6) is -0.187. The van der Waals surface area contributed by atoms with Crippen molar-refractivity contribution in [3.63, 3.8) is 0 Å². The van der Waals surface area contributed by atoms with Crippen LogP contribution in [-0.4, -0.2) is 6.04 Å². The van der Waals surface area contributed by atoms with Crippen LogP contribution in [0.15, 0.2) is 42.5 Å². The van der Waals surface area contributed by atoms with E-state index in [0.29, 0.717) is 6.04 Å². The predicted molar refractivity (Wildman–Crippen MR) is 68.6 cm³/mol. The maximum Gasteiger partial charge on any atom is 0.123 e. The second kappa shape index (κ2) is 3.88. The van der Waals surface area contributed by atoms with Gasteiger partial charge >= 0.3 is 0 Å². The molecule has 2 aromatic rings. The molecular weight excluding hydrogens is 213 g/mol. The van der Waals surface area contributed by atoms with Crippen LogP contribution in [0.1, 0.15) is 12.5 Å². The molecule has 0 radical (unpaired) electrons. The molecule has 1 atom stereocenters. The maximum absolute atomic E-state index is 12.9. The van der Waals surface area contributed by atoms with Gasteiger partial charge in [-0.2, -0.15) is 0 Å². The van der Waals surface area contributed by atoms with Crippen molar-refractivity contribution in [2.24, 2.45) is 0 Å². The zero-order valence-electron chi connectivity index (χ0n) is 9.70. The van der Waals surface area contributed by atoms with Crippen LogP contribution in [0, 0.1) is 5.82 Å². The predicted octanol–water partition coefficient (Wildman–Crippen LogP) is 3.85. The first-order valence-corrected chi connectivity index (χ1v) is 5.88. The average molecular weight is 227 g/mol. The summed E-state index contributed by atoms with van der Waals surface area (Å²) in [6.45, 7) is 2.18. The van der Waals surface area contributed by atoms with Gasteiger partial charge in [-0.05, 0) is 48.2 Å². The Balaban J connectivity index is 2.10. The van der Waals surface area contributed by atoms with E-state index in [1.165, 1.54) is 28.9 Å². The summed E-state index contributed by atoms with van der Waals surface area (Å²) in [5, 5.41) is 3.44. The largest absolute Gasteiger partial charge is 0.382 e. The van der Waals surface area contributed by atoms with E-state index in [2.05, 4.69) is 24.4 Å². The molecule has 3 rings (SSSR count). The van der Waals surface area contributed by atoms with Gasteiger partial charge in [-0.15, -0.1) is 0 Å². The molecule has 0 aliphatic carbocycles. The first-order chi connectivity index (χ1) is 8.24. The standard InChI is InChI=1S/C15H14FN/c1-10-9-14-13(3-2-4-15(14)17-10)11-5-7-12(16)8-6-11/h2-8,10,17H,9H2,1H3. The van der Waals surface area contributed by atoms with E-state index in [9.17, 15) is 4.39 Å². The Labute approximate surface area is 100 Å². The van der Waals surface area contributed by atoms with E-state index in [0.717, 1.165) is 12.0 Å². The molecule has 1 unspecified atom stereocenters. The van der Waals surface area contributed by atoms with Crippen molar-refractivity contribution in [3.8, 4) is 11.1 Å². The summed E-state index contributed by atoms with van der Waals surface area (Å²) in [4.78, 5) is 0. The first kappa shape index (κ1) is 10.3. The normalized spacial score (nSPS) is 17.6. The highest BCUT2D eigenvalue weighted by molar-refractivity contribution is 5.76. The second-order valence-electron chi connectivity index (χ2n) is 4.59. The minimum atomic E-state index is -0.187. The number of hydrogen-bond donors (Lipinski definition) is 1. The summed E-state index contributed by atoms with van der Waals surface area (Å²) < 4.78 is 12.9. The zero-order chi connectivity index (χ0) is 11.8. The summed E-state index contributed by atoms with van der Waals surface area (Å²) in [6, 6.07) is 13.4. The molecule has 0 fully saturated rings. The van der Waals surface area contributed by atoms with E-state index in [-0.39, 0.29) is 5.82 Å². The Hall–Kier alpha value is -1.83. The second-order valence-corrected chi connectivity index (χ2v) is 4.59. The molecule has 0 saturated heterocycles. The lowest BCUT2D eigenvalue weighted by Crippen LogP contribution is -2.08. The first-order valence-electron chi connectivity index (χ1n) is 5.88. The Kier molecular flexibility index (Phi) is 2.36. The fourth-order valence-corrected chi connectivity index (χ4v) is 2.46. The molecule has 1 N–H and O–H groups in total. The van der Waals surface area contributed by atoms with Crippen molar-refractivity contribution in [1.82, 2.24) is 0 Å². The molecule has 1 nitrogen and oxygen atoms in total. The summed E-state index contributed by atoms with van der Waals surface area (Å²) in [7, 11) is 0. The van der Waals surface area contributed by atoms with E-state index < -0.39 is 0 Å². The third kappa shape index (κ3) is 1.80. The number of halogens is 1. The molecule has 0 spiro atoms. The van der Waals surface area contributed by atoms with Crippen LogP contribution in [0.4, 0.5) is 10.1 Å². The molecule has 2 aromatic carbocycles. The Morgan fingerprint density at radius 3 is 2.65 bits per heavy atom. The number of rotatable bonds is 1. The van der Waals surface area contributed by atoms with Crippen LogP contribution >= 0.6 is 0 Å². The maximum atomic E-state index is 12.9. The van der Waals surface area contributed by atoms with Crippen molar-refractivity contribution < 1.29 is 4.39 Å². The van der Waals surface area contributed by atoms with Gasteiger partial charge in [0, 0.05) is 11.7 Å². The number of benzene rings is 2. The monoisotopic (exact) mass is 227 g/mol. The number of nitrogens with one attached hydrogen (secondary N) is 1. The summed E-state index contributed by atoms with van der Waals surface area (Å²) in [6.07, 6.45) is 1.03. The van der Waals surface area contributed by atoms with Crippen LogP contribution in [0.3, 0.4) is 0 Å². The molecule has 0 saturated carbocycles. The Bertz CT molecular complexity index is 545. The van der Waals surface area contributed by atoms with Crippen molar-refractivity contribution >= 4 is 5.69 Å². The highest BCUT2D eigenvalue weighted by Gasteiger charge is 2.19. The van der Waals surface area contributed by atoms with Gasteiger partial charge in [0.25, 0.3) is 0 Å². The van der Waals surface area contributed by atoms with Gasteiger partial charge in [0.05, 0.1) is 0 Å². The minimum absolute atomic E-state index is 0.187. The number of anilines is 1. The molecule has 0 bridgehead atoms. The SMILES string of the molecule is CC1Cc2c(cccc2-c2ccc(F)cc2)N1. The highest BCUT2D eigenvalue weighted by atomic mass is 19.1. The smallest absolute Gasteiger partial charge is 0.123 e. The Morgan fingerprint density at radius 1 is 1.12 bits per heavy atom. The molecule has 0 aromatic heterocycles. The minimum Gasteiger partial charge on any atom is -0.382 e. The molecular formula is C15H14FN. The van der Waals surface area contributed by atoms with Gasteiger partial charge in [0.2, 0.25) is 0 Å². The van der Waals surface area contributed by atoms with Crippen LogP contribution in [0.2, 0.25) is 0 Å². The van der Waals surface area contributed by atoms with Crippen molar-refractivity contribution in [2.75, 3.05) is 5.32 Å². The lowest BCUT2D eigenvalue weighted by atomic mass is 9.97. The summed E-state index contributed by atoms with van der Waals surface area (Å²) >= 11 is 0. The lowest BCUT2D eigenvalue weighted by molar-refractivity contribution is 0.628. The fraction of sp³-hybridized carbons (Fsp3) is 0.200. The average Bonchev–Trinajstić information content (AvgIpc) is 2.70. The topological polar surface area (TPSA) is 12.0 Å². The molecule has 1 aliphatic heterocycles. The molecule has 1 heterocycles. The Morgan fingerprint density at radius 2 is 1.88 bits per heavy atom. The highest BCUT2D eigenvalue weighted by Crippen LogP contribution is 2.34. The van der Waals surface area contributed by atoms with Crippen molar-refractivity contribution in [3.05, 3.63) is 53.8 Å². The molecule has 2 heteroatoms. The van der Waals surface area contributed by atoms with E-state index in [1.54, 1.807) is 0 Å². The van der Waals surface area contributed by atoms with Gasteiger partial charge in [0.15, 0.2) is 0 Å². The van der Waals surface area contributed by atoms with E-state index in [4.69, 9.17) is 0 Å². The van der Waals surface area contributed by atoms with Gasteiger partial charge in [0.1, 0.15) is 5.82 Å². The number of hydrogen-bond acceptors (Lipinski definition) is 1. The lowest BCUT2D eigenvalue weighted by Gasteiger charge is -2.07. The molecule has 17 heavy (non-hydrogen) atoms. The van der Waals surface area contributed by atoms with Gasteiger partial charge in [-0.3, -0.25) is 0 Å². The van der Waals surface area contributed by atoms with E-state index >= 15 is 0 Å². The number of fused-ring (bicyclic) bond motifs is 1. The third-order valence-corrected chi connectivity index (χ3v) is 3.24.